The zero-order valence-electron chi connectivity index (χ0n) is 8.60. The van der Waals surface area contributed by atoms with E-state index in [0.717, 1.165) is 6.42 Å². The van der Waals surface area contributed by atoms with Crippen LogP contribution in [0.3, 0.4) is 0 Å². The highest BCUT2D eigenvalue weighted by Crippen LogP contribution is 2.28. The van der Waals surface area contributed by atoms with Crippen molar-refractivity contribution in [2.45, 2.75) is 33.6 Å². The van der Waals surface area contributed by atoms with E-state index in [2.05, 4.69) is 61.0 Å². The van der Waals surface area contributed by atoms with Crippen LogP contribution < -0.4 is 0 Å². The Bertz CT molecular complexity index is 276. The molecule has 1 aromatic carbocycles. The molecule has 0 aliphatic carbocycles. The molecule has 0 amide bonds. The van der Waals surface area contributed by atoms with E-state index in [9.17, 15) is 0 Å². The molecule has 0 saturated heterocycles. The molecule has 0 aliphatic heterocycles. The van der Waals surface area contributed by atoms with Gasteiger partial charge in [-0.05, 0) is 23.5 Å². The molecular weight excluding hydrogens is 224 g/mol. The van der Waals surface area contributed by atoms with Gasteiger partial charge in [-0.25, -0.2) is 0 Å². The minimum absolute atomic E-state index is 0.407. The summed E-state index contributed by atoms with van der Waals surface area (Å²) in [6.45, 7) is 6.87. The minimum atomic E-state index is 0.407. The summed E-state index contributed by atoms with van der Waals surface area (Å²) >= 11 is 3.58. The molecule has 0 unspecified atom stereocenters. The topological polar surface area (TPSA) is 0 Å². The van der Waals surface area contributed by atoms with Crippen LogP contribution in [0.5, 0.6) is 0 Å². The number of hydrogen-bond donors (Lipinski definition) is 0. The molecule has 13 heavy (non-hydrogen) atoms. The molecule has 0 aliphatic rings. The highest BCUT2D eigenvalue weighted by Gasteiger charge is 2.16. The van der Waals surface area contributed by atoms with Gasteiger partial charge in [0.25, 0.3) is 0 Å². The van der Waals surface area contributed by atoms with Gasteiger partial charge in [0.15, 0.2) is 0 Å². The molecule has 0 radical (unpaired) electrons. The van der Waals surface area contributed by atoms with Crippen molar-refractivity contribution in [3.63, 3.8) is 0 Å². The van der Waals surface area contributed by atoms with Crippen molar-refractivity contribution in [3.8, 4) is 0 Å². The van der Waals surface area contributed by atoms with Crippen LogP contribution in [-0.4, -0.2) is 0 Å². The maximum atomic E-state index is 3.58. The van der Waals surface area contributed by atoms with Crippen LogP contribution in [-0.2, 0) is 6.42 Å². The van der Waals surface area contributed by atoms with Gasteiger partial charge in [0.05, 0.1) is 0 Å². The van der Waals surface area contributed by atoms with Crippen LogP contribution in [0.25, 0.3) is 0 Å². The second kappa shape index (κ2) is 4.28. The Morgan fingerprint density at radius 1 is 1.23 bits per heavy atom. The average molecular weight is 241 g/mol. The highest BCUT2D eigenvalue weighted by atomic mass is 79.9. The number of benzene rings is 1. The third-order valence-corrected chi connectivity index (χ3v) is 3.36. The molecular formula is C12H17Br. The molecule has 0 N–H and O–H groups in total. The molecule has 0 bridgehead atoms. The van der Waals surface area contributed by atoms with Gasteiger partial charge in [-0.15, -0.1) is 0 Å². The monoisotopic (exact) mass is 240 g/mol. The van der Waals surface area contributed by atoms with Gasteiger partial charge in [-0.3, -0.25) is 0 Å². The minimum Gasteiger partial charge on any atom is -0.0649 e. The molecule has 1 rings (SSSR count). The lowest BCUT2D eigenvalue weighted by atomic mass is 9.83. The summed E-state index contributed by atoms with van der Waals surface area (Å²) in [5.41, 5.74) is 1.82. The van der Waals surface area contributed by atoms with Crippen molar-refractivity contribution in [1.82, 2.24) is 0 Å². The zero-order chi connectivity index (χ0) is 9.90. The number of hydrogen-bond acceptors (Lipinski definition) is 0. The zero-order valence-corrected chi connectivity index (χ0v) is 10.2. The highest BCUT2D eigenvalue weighted by molar-refractivity contribution is 9.10. The molecule has 0 aromatic heterocycles. The Hall–Kier alpha value is -0.300. The molecule has 0 saturated carbocycles. The predicted molar refractivity (Wildman–Crippen MR) is 61.9 cm³/mol. The third kappa shape index (κ3) is 3.15. The van der Waals surface area contributed by atoms with E-state index in [-0.39, 0.29) is 0 Å². The van der Waals surface area contributed by atoms with Crippen molar-refractivity contribution < 1.29 is 0 Å². The molecule has 72 valence electrons. The first-order valence-corrected chi connectivity index (χ1v) is 5.58. The van der Waals surface area contributed by atoms with Crippen LogP contribution in [0.2, 0.25) is 0 Å². The van der Waals surface area contributed by atoms with Crippen LogP contribution in [0, 0.1) is 5.41 Å². The van der Waals surface area contributed by atoms with Crippen molar-refractivity contribution in [2.24, 2.45) is 5.41 Å². The van der Waals surface area contributed by atoms with E-state index in [0.29, 0.717) is 5.41 Å². The van der Waals surface area contributed by atoms with E-state index in [4.69, 9.17) is 0 Å². The fraction of sp³-hybridized carbons (Fsp3) is 0.500. The van der Waals surface area contributed by atoms with Gasteiger partial charge < -0.3 is 0 Å². The largest absolute Gasteiger partial charge is 0.0649 e. The Balaban J connectivity index is 2.80. The predicted octanol–water partition coefficient (Wildman–Crippen LogP) is 4.43. The Labute approximate surface area is 89.5 Å². The second-order valence-corrected chi connectivity index (χ2v) is 5.14. The van der Waals surface area contributed by atoms with Crippen LogP contribution in [0.4, 0.5) is 0 Å². The van der Waals surface area contributed by atoms with Crippen LogP contribution >= 0.6 is 15.9 Å². The summed E-state index contributed by atoms with van der Waals surface area (Å²) in [4.78, 5) is 0. The lowest BCUT2D eigenvalue weighted by Gasteiger charge is -2.23. The fourth-order valence-electron chi connectivity index (χ4n) is 1.28. The molecule has 1 aromatic rings. The van der Waals surface area contributed by atoms with Crippen LogP contribution in [0.15, 0.2) is 28.7 Å². The number of halogens is 1. The third-order valence-electron chi connectivity index (χ3n) is 2.58. The summed E-state index contributed by atoms with van der Waals surface area (Å²) in [5.74, 6) is 0. The molecule has 0 fully saturated rings. The lowest BCUT2D eigenvalue weighted by Crippen LogP contribution is -2.13. The number of rotatable bonds is 3. The summed E-state index contributed by atoms with van der Waals surface area (Å²) < 4.78 is 1.23. The molecule has 1 heteroatoms. The maximum Gasteiger partial charge on any atom is 0.0207 e. The van der Waals surface area contributed by atoms with Gasteiger partial charge in [-0.2, -0.15) is 0 Å². The molecule has 0 atom stereocenters. The molecule has 0 heterocycles. The Morgan fingerprint density at radius 2 is 1.85 bits per heavy atom. The quantitative estimate of drug-likeness (QED) is 0.734. The SMILES string of the molecule is CCC(C)(C)Cc1ccccc1Br. The van der Waals surface area contributed by atoms with Gasteiger partial charge in [0, 0.05) is 4.47 Å². The average Bonchev–Trinajstić information content (AvgIpc) is 2.09. The summed E-state index contributed by atoms with van der Waals surface area (Å²) in [5, 5.41) is 0. The lowest BCUT2D eigenvalue weighted by molar-refractivity contribution is 0.348. The van der Waals surface area contributed by atoms with E-state index in [1.807, 2.05) is 0 Å². The van der Waals surface area contributed by atoms with Crippen molar-refractivity contribution >= 4 is 15.9 Å². The Kier molecular flexibility index (Phi) is 3.55. The van der Waals surface area contributed by atoms with E-state index < -0.39 is 0 Å². The van der Waals surface area contributed by atoms with Gasteiger partial charge in [0.1, 0.15) is 0 Å². The van der Waals surface area contributed by atoms with Crippen molar-refractivity contribution in [1.29, 1.82) is 0 Å². The van der Waals surface area contributed by atoms with Gasteiger partial charge in [-0.1, -0.05) is 61.3 Å². The maximum absolute atomic E-state index is 3.58. The second-order valence-electron chi connectivity index (χ2n) is 4.29. The van der Waals surface area contributed by atoms with Crippen LogP contribution in [0.1, 0.15) is 32.8 Å². The van der Waals surface area contributed by atoms with Gasteiger partial charge in [0.2, 0.25) is 0 Å². The standard InChI is InChI=1S/C12H17Br/c1-4-12(2,3)9-10-7-5-6-8-11(10)13/h5-8H,4,9H2,1-3H3. The summed E-state index contributed by atoms with van der Waals surface area (Å²) in [7, 11) is 0. The fourth-order valence-corrected chi connectivity index (χ4v) is 1.71. The molecule has 0 nitrogen and oxygen atoms in total. The molecule has 0 spiro atoms. The first kappa shape index (κ1) is 10.8. The Morgan fingerprint density at radius 3 is 2.38 bits per heavy atom. The normalized spacial score (nSPS) is 11.7. The van der Waals surface area contributed by atoms with Gasteiger partial charge >= 0.3 is 0 Å². The van der Waals surface area contributed by atoms with Crippen molar-refractivity contribution in [2.75, 3.05) is 0 Å². The summed E-state index contributed by atoms with van der Waals surface area (Å²) in [6, 6.07) is 8.47. The first-order chi connectivity index (χ1) is 6.05. The van der Waals surface area contributed by atoms with Crippen molar-refractivity contribution in [3.05, 3.63) is 34.3 Å². The smallest absolute Gasteiger partial charge is 0.0207 e. The van der Waals surface area contributed by atoms with E-state index >= 15 is 0 Å². The first-order valence-electron chi connectivity index (χ1n) is 4.78. The summed E-state index contributed by atoms with van der Waals surface area (Å²) in [6.07, 6.45) is 2.36. The van der Waals surface area contributed by atoms with E-state index in [1.165, 1.54) is 16.5 Å². The van der Waals surface area contributed by atoms with E-state index in [1.54, 1.807) is 0 Å².